The molecule has 0 amide bonds. The third-order valence-corrected chi connectivity index (χ3v) is 2.85. The van der Waals surface area contributed by atoms with E-state index >= 15 is 0 Å². The van der Waals surface area contributed by atoms with E-state index in [-0.39, 0.29) is 5.75 Å². The third kappa shape index (κ3) is 2.39. The molecular formula is C13H10N4O2S. The number of hydrogen-bond acceptors (Lipinski definition) is 5. The molecule has 0 atom stereocenters. The molecule has 6 nitrogen and oxygen atoms in total. The van der Waals surface area contributed by atoms with Crippen LogP contribution in [0.4, 0.5) is 0 Å². The van der Waals surface area contributed by atoms with Gasteiger partial charge in [0.2, 0.25) is 10.6 Å². The van der Waals surface area contributed by atoms with Crippen LogP contribution in [0.2, 0.25) is 0 Å². The summed E-state index contributed by atoms with van der Waals surface area (Å²) in [5, 5.41) is 20.4. The number of aromatic nitrogens is 3. The van der Waals surface area contributed by atoms with Gasteiger partial charge < -0.3 is 9.52 Å². The van der Waals surface area contributed by atoms with Crippen LogP contribution >= 0.6 is 12.2 Å². The van der Waals surface area contributed by atoms with Crippen molar-refractivity contribution in [2.24, 2.45) is 5.10 Å². The zero-order valence-electron chi connectivity index (χ0n) is 10.2. The Labute approximate surface area is 119 Å². The van der Waals surface area contributed by atoms with E-state index in [0.29, 0.717) is 16.4 Å². The number of phenolic OH excluding ortho intramolecular Hbond substituents is 1. The van der Waals surface area contributed by atoms with Crippen molar-refractivity contribution < 1.29 is 9.52 Å². The molecule has 0 fully saturated rings. The van der Waals surface area contributed by atoms with Gasteiger partial charge in [0.1, 0.15) is 5.75 Å². The lowest BCUT2D eigenvalue weighted by atomic mass is 10.2. The highest BCUT2D eigenvalue weighted by molar-refractivity contribution is 7.71. The lowest BCUT2D eigenvalue weighted by Gasteiger charge is -1.98. The van der Waals surface area contributed by atoms with E-state index in [2.05, 4.69) is 15.3 Å². The zero-order chi connectivity index (χ0) is 13.9. The Morgan fingerprint density at radius 1 is 1.35 bits per heavy atom. The second kappa shape index (κ2) is 5.14. The quantitative estimate of drug-likeness (QED) is 0.573. The Hall–Kier alpha value is -2.67. The number of H-pyrrole nitrogens is 1. The van der Waals surface area contributed by atoms with Crippen LogP contribution in [-0.2, 0) is 0 Å². The molecule has 100 valence electrons. The largest absolute Gasteiger partial charge is 0.508 e. The fraction of sp³-hybridized carbons (Fsp3) is 0. The molecule has 0 saturated heterocycles. The van der Waals surface area contributed by atoms with Gasteiger partial charge in [0.15, 0.2) is 5.76 Å². The maximum atomic E-state index is 9.41. The lowest BCUT2D eigenvalue weighted by Crippen LogP contribution is -1.94. The Bertz CT molecular complexity index is 802. The van der Waals surface area contributed by atoms with Crippen molar-refractivity contribution in [1.82, 2.24) is 14.9 Å². The van der Waals surface area contributed by atoms with Crippen molar-refractivity contribution >= 4 is 18.4 Å². The minimum Gasteiger partial charge on any atom is -0.508 e. The first-order valence-corrected chi connectivity index (χ1v) is 6.19. The highest BCUT2D eigenvalue weighted by atomic mass is 32.1. The SMILES string of the molecule is Oc1cccc(/C=N\n2c(-c3ccco3)n[nH]c2=S)c1. The maximum Gasteiger partial charge on any atom is 0.219 e. The number of aromatic hydroxyl groups is 1. The molecule has 0 radical (unpaired) electrons. The van der Waals surface area contributed by atoms with Crippen LogP contribution in [0.1, 0.15) is 5.56 Å². The highest BCUT2D eigenvalue weighted by Gasteiger charge is 2.10. The van der Waals surface area contributed by atoms with E-state index in [1.807, 2.05) is 6.07 Å². The molecule has 2 aromatic heterocycles. The number of rotatable bonds is 3. The van der Waals surface area contributed by atoms with Crippen molar-refractivity contribution in [1.29, 1.82) is 0 Å². The zero-order valence-corrected chi connectivity index (χ0v) is 11.0. The predicted molar refractivity (Wildman–Crippen MR) is 76.2 cm³/mol. The number of benzene rings is 1. The van der Waals surface area contributed by atoms with E-state index in [4.69, 9.17) is 16.6 Å². The van der Waals surface area contributed by atoms with Gasteiger partial charge >= 0.3 is 0 Å². The summed E-state index contributed by atoms with van der Waals surface area (Å²) >= 11 is 5.13. The summed E-state index contributed by atoms with van der Waals surface area (Å²) in [6, 6.07) is 10.3. The predicted octanol–water partition coefficient (Wildman–Crippen LogP) is 2.79. The average Bonchev–Trinajstić information content (AvgIpc) is 3.06. The van der Waals surface area contributed by atoms with Gasteiger partial charge in [0, 0.05) is 0 Å². The summed E-state index contributed by atoms with van der Waals surface area (Å²) in [5.41, 5.74) is 0.749. The average molecular weight is 286 g/mol. The molecule has 1 aromatic carbocycles. The molecule has 20 heavy (non-hydrogen) atoms. The van der Waals surface area contributed by atoms with Gasteiger partial charge in [-0.2, -0.15) is 9.78 Å². The van der Waals surface area contributed by atoms with E-state index < -0.39 is 0 Å². The summed E-state index contributed by atoms with van der Waals surface area (Å²) < 4.78 is 7.09. The third-order valence-electron chi connectivity index (χ3n) is 2.58. The van der Waals surface area contributed by atoms with Crippen LogP contribution < -0.4 is 0 Å². The molecule has 7 heteroatoms. The van der Waals surface area contributed by atoms with E-state index in [1.54, 1.807) is 42.8 Å². The molecule has 0 bridgehead atoms. The molecule has 0 spiro atoms. The first kappa shape index (κ1) is 12.4. The molecule has 0 unspecified atom stereocenters. The summed E-state index contributed by atoms with van der Waals surface area (Å²) in [6.07, 6.45) is 3.13. The summed E-state index contributed by atoms with van der Waals surface area (Å²) in [6.45, 7) is 0. The molecular weight excluding hydrogens is 276 g/mol. The summed E-state index contributed by atoms with van der Waals surface area (Å²) in [4.78, 5) is 0. The van der Waals surface area contributed by atoms with E-state index in [0.717, 1.165) is 5.56 Å². The van der Waals surface area contributed by atoms with Gasteiger partial charge in [0.25, 0.3) is 0 Å². The van der Waals surface area contributed by atoms with Crippen molar-refractivity contribution in [2.75, 3.05) is 0 Å². The Morgan fingerprint density at radius 2 is 2.25 bits per heavy atom. The first-order valence-electron chi connectivity index (χ1n) is 5.79. The van der Waals surface area contributed by atoms with E-state index in [1.165, 1.54) is 4.68 Å². The van der Waals surface area contributed by atoms with Crippen molar-refractivity contribution in [3.63, 3.8) is 0 Å². The molecule has 0 aliphatic heterocycles. The molecule has 0 saturated carbocycles. The van der Waals surface area contributed by atoms with Gasteiger partial charge in [-0.1, -0.05) is 12.1 Å². The Morgan fingerprint density at radius 3 is 3.00 bits per heavy atom. The fourth-order valence-electron chi connectivity index (χ4n) is 1.69. The van der Waals surface area contributed by atoms with Crippen LogP contribution in [-0.4, -0.2) is 26.2 Å². The second-order valence-electron chi connectivity index (χ2n) is 3.98. The number of aromatic amines is 1. The Kier molecular flexibility index (Phi) is 3.18. The minimum atomic E-state index is 0.177. The first-order chi connectivity index (χ1) is 9.74. The number of furan rings is 1. The van der Waals surface area contributed by atoms with Gasteiger partial charge in [-0.25, -0.2) is 5.10 Å². The van der Waals surface area contributed by atoms with Crippen LogP contribution in [0.15, 0.2) is 52.2 Å². The monoisotopic (exact) mass is 286 g/mol. The number of nitrogens with zero attached hydrogens (tertiary/aromatic N) is 3. The number of phenols is 1. The van der Waals surface area contributed by atoms with Gasteiger partial charge in [-0.3, -0.25) is 0 Å². The number of hydrogen-bond donors (Lipinski definition) is 2. The number of nitrogens with one attached hydrogen (secondary N) is 1. The van der Waals surface area contributed by atoms with Crippen molar-refractivity contribution in [3.05, 3.63) is 53.0 Å². The molecule has 2 heterocycles. The summed E-state index contributed by atoms with van der Waals surface area (Å²) in [7, 11) is 0. The van der Waals surface area contributed by atoms with Crippen LogP contribution in [0.3, 0.4) is 0 Å². The minimum absolute atomic E-state index is 0.177. The van der Waals surface area contributed by atoms with Crippen LogP contribution in [0, 0.1) is 4.77 Å². The topological polar surface area (TPSA) is 79.3 Å². The standard InChI is InChI=1S/C13H10N4O2S/c18-10-4-1-3-9(7-10)8-14-17-12(15-16-13(17)20)11-5-2-6-19-11/h1-8,18H,(H,16,20)/b14-8-. The van der Waals surface area contributed by atoms with Crippen LogP contribution in [0.5, 0.6) is 5.75 Å². The maximum absolute atomic E-state index is 9.41. The highest BCUT2D eigenvalue weighted by Crippen LogP contribution is 2.17. The normalized spacial score (nSPS) is 11.2. The van der Waals surface area contributed by atoms with Crippen LogP contribution in [0.25, 0.3) is 11.6 Å². The molecule has 2 N–H and O–H groups in total. The smallest absolute Gasteiger partial charge is 0.219 e. The van der Waals surface area contributed by atoms with Crippen molar-refractivity contribution in [2.45, 2.75) is 0 Å². The molecule has 0 aliphatic rings. The Balaban J connectivity index is 1.99. The molecule has 3 aromatic rings. The molecule has 3 rings (SSSR count). The van der Waals surface area contributed by atoms with E-state index in [9.17, 15) is 5.11 Å². The van der Waals surface area contributed by atoms with Gasteiger partial charge in [0.05, 0.1) is 12.5 Å². The van der Waals surface area contributed by atoms with Crippen molar-refractivity contribution in [3.8, 4) is 17.3 Å². The lowest BCUT2D eigenvalue weighted by molar-refractivity contribution is 0.475. The molecule has 0 aliphatic carbocycles. The summed E-state index contributed by atoms with van der Waals surface area (Å²) in [5.74, 6) is 1.22. The fourth-order valence-corrected chi connectivity index (χ4v) is 1.87. The van der Waals surface area contributed by atoms with Gasteiger partial charge in [-0.05, 0) is 42.0 Å². The second-order valence-corrected chi connectivity index (χ2v) is 4.37. The van der Waals surface area contributed by atoms with Gasteiger partial charge in [-0.15, -0.1) is 5.10 Å².